The zero-order chi connectivity index (χ0) is 16.5. The van der Waals surface area contributed by atoms with Crippen LogP contribution >= 0.6 is 8.38 Å². The fraction of sp³-hybridized carbons (Fsp3) is 0.211. The highest BCUT2D eigenvalue weighted by Gasteiger charge is 2.12. The Kier molecular flexibility index (Phi) is 6.47. The van der Waals surface area contributed by atoms with E-state index in [9.17, 15) is 0 Å². The number of hydrogen-bond acceptors (Lipinski definition) is 4. The van der Waals surface area contributed by atoms with Gasteiger partial charge in [0.1, 0.15) is 11.5 Å². The van der Waals surface area contributed by atoms with Gasteiger partial charge in [-0.2, -0.15) is 0 Å². The highest BCUT2D eigenvalue weighted by molar-refractivity contribution is 7.51. The van der Waals surface area contributed by atoms with E-state index < -0.39 is 8.38 Å². The van der Waals surface area contributed by atoms with Gasteiger partial charge in [0, 0.05) is 13.1 Å². The van der Waals surface area contributed by atoms with Gasteiger partial charge in [-0.3, -0.25) is 0 Å². The monoisotopic (exact) mass is 341 g/mol. The summed E-state index contributed by atoms with van der Waals surface area (Å²) in [6.45, 7) is 2.42. The van der Waals surface area contributed by atoms with Gasteiger partial charge in [-0.15, -0.1) is 5.73 Å². The fourth-order valence-electron chi connectivity index (χ4n) is 2.15. The lowest BCUT2D eigenvalue weighted by molar-refractivity contribution is 0.0593. The molecule has 2 aromatic rings. The summed E-state index contributed by atoms with van der Waals surface area (Å²) in [5.41, 5.74) is 3.16. The first-order valence-electron chi connectivity index (χ1n) is 7.90. The van der Waals surface area contributed by atoms with Crippen LogP contribution in [0.5, 0.6) is 11.5 Å². The third kappa shape index (κ3) is 5.52. The molecule has 1 saturated heterocycles. The van der Waals surface area contributed by atoms with Crippen LogP contribution in [0.4, 0.5) is 0 Å². The minimum atomic E-state index is -1.28. The van der Waals surface area contributed by atoms with Crippen molar-refractivity contribution in [3.05, 3.63) is 78.3 Å². The molecule has 24 heavy (non-hydrogen) atoms. The molecule has 1 aliphatic rings. The van der Waals surface area contributed by atoms with Gasteiger partial charge in [-0.1, -0.05) is 36.4 Å². The Hall–Kier alpha value is -2.09. The highest BCUT2D eigenvalue weighted by atomic mass is 31.2. The molecule has 0 aliphatic carbocycles. The van der Waals surface area contributed by atoms with Crippen molar-refractivity contribution in [2.75, 3.05) is 19.7 Å². The molecule has 3 rings (SSSR count). The molecular formula is C19H20NO3P. The first-order chi connectivity index (χ1) is 11.9. The van der Waals surface area contributed by atoms with Crippen LogP contribution in [0, 0.1) is 0 Å². The topological polar surface area (TPSA) is 39.7 Å². The van der Waals surface area contributed by atoms with Crippen LogP contribution in [0.15, 0.2) is 78.3 Å². The maximum absolute atomic E-state index is 5.96. The van der Waals surface area contributed by atoms with Crippen LogP contribution in [0.25, 0.3) is 0 Å². The van der Waals surface area contributed by atoms with E-state index >= 15 is 0 Å². The Morgan fingerprint density at radius 3 is 2.17 bits per heavy atom. The number of morpholine rings is 1. The number of para-hydroxylation sites is 2. The predicted octanol–water partition coefficient (Wildman–Crippen LogP) is 4.11. The molecule has 1 heterocycles. The summed E-state index contributed by atoms with van der Waals surface area (Å²) in [6, 6.07) is 19.3. The normalized spacial score (nSPS) is 17.0. The van der Waals surface area contributed by atoms with Crippen molar-refractivity contribution < 1.29 is 13.8 Å². The zero-order valence-electron chi connectivity index (χ0n) is 13.3. The highest BCUT2D eigenvalue weighted by Crippen LogP contribution is 2.41. The van der Waals surface area contributed by atoms with E-state index in [0.29, 0.717) is 0 Å². The SMILES string of the molecule is C(=CC1CNCCO1)=CP(Oc1ccccc1)Oc1ccccc1. The van der Waals surface area contributed by atoms with Gasteiger partial charge in [0.15, 0.2) is 0 Å². The number of rotatable bonds is 6. The summed E-state index contributed by atoms with van der Waals surface area (Å²) >= 11 is 0. The molecule has 1 aliphatic heterocycles. The fourth-order valence-corrected chi connectivity index (χ4v) is 3.16. The molecule has 1 N–H and O–H groups in total. The van der Waals surface area contributed by atoms with Crippen LogP contribution in [0.2, 0.25) is 0 Å². The largest absolute Gasteiger partial charge is 0.435 e. The van der Waals surface area contributed by atoms with Crippen molar-refractivity contribution in [2.24, 2.45) is 0 Å². The second-order valence-corrected chi connectivity index (χ2v) is 6.36. The lowest BCUT2D eigenvalue weighted by Gasteiger charge is -2.19. The van der Waals surface area contributed by atoms with Crippen LogP contribution in [-0.4, -0.2) is 25.8 Å². The lowest BCUT2D eigenvalue weighted by Crippen LogP contribution is -2.37. The summed E-state index contributed by atoms with van der Waals surface area (Å²) in [5.74, 6) is 3.37. The molecule has 5 heteroatoms. The van der Waals surface area contributed by atoms with Gasteiger partial charge >= 0.3 is 8.38 Å². The molecule has 124 valence electrons. The summed E-state index contributed by atoms with van der Waals surface area (Å²) < 4.78 is 17.5. The molecule has 0 radical (unpaired) electrons. The molecule has 0 bridgehead atoms. The molecular weight excluding hydrogens is 321 g/mol. The van der Waals surface area contributed by atoms with Crippen LogP contribution in [0.3, 0.4) is 0 Å². The molecule has 1 atom stereocenters. The second-order valence-electron chi connectivity index (χ2n) is 5.17. The third-order valence-electron chi connectivity index (χ3n) is 3.30. The summed E-state index contributed by atoms with van der Waals surface area (Å²) in [4.78, 5) is 0. The Labute approximate surface area is 143 Å². The van der Waals surface area contributed by atoms with Gasteiger partial charge in [0.2, 0.25) is 0 Å². The maximum atomic E-state index is 5.96. The molecule has 0 saturated carbocycles. The molecule has 1 unspecified atom stereocenters. The standard InChI is InChI=1S/C19H20NO3P/c1-3-8-17(9-4-1)22-24(23-18-10-5-2-6-11-18)15-7-12-19-16-20-13-14-21-19/h1-6,8-12,15,19-20H,13-14,16H2. The third-order valence-corrected chi connectivity index (χ3v) is 4.44. The number of benzene rings is 2. The summed E-state index contributed by atoms with van der Waals surface area (Å²) in [7, 11) is -1.28. The minimum Gasteiger partial charge on any atom is -0.435 e. The zero-order valence-corrected chi connectivity index (χ0v) is 14.2. The number of hydrogen-bond donors (Lipinski definition) is 1. The molecule has 0 aromatic heterocycles. The Bertz CT molecular complexity index is 624. The maximum Gasteiger partial charge on any atom is 0.326 e. The number of ether oxygens (including phenoxy) is 1. The Balaban J connectivity index is 1.69. The Morgan fingerprint density at radius 1 is 1.00 bits per heavy atom. The summed E-state index contributed by atoms with van der Waals surface area (Å²) in [6.07, 6.45) is 1.95. The average Bonchev–Trinajstić information content (AvgIpc) is 2.64. The lowest BCUT2D eigenvalue weighted by atomic mass is 10.3. The van der Waals surface area contributed by atoms with Crippen LogP contribution in [-0.2, 0) is 4.74 Å². The van der Waals surface area contributed by atoms with Crippen molar-refractivity contribution in [1.29, 1.82) is 0 Å². The smallest absolute Gasteiger partial charge is 0.326 e. The van der Waals surface area contributed by atoms with E-state index in [1.54, 1.807) is 0 Å². The van der Waals surface area contributed by atoms with Crippen molar-refractivity contribution in [3.63, 3.8) is 0 Å². The van der Waals surface area contributed by atoms with E-state index in [4.69, 9.17) is 13.8 Å². The van der Waals surface area contributed by atoms with Crippen molar-refractivity contribution in [1.82, 2.24) is 5.32 Å². The summed E-state index contributed by atoms with van der Waals surface area (Å²) in [5, 5.41) is 3.29. The van der Waals surface area contributed by atoms with Gasteiger partial charge in [0.25, 0.3) is 0 Å². The van der Waals surface area contributed by atoms with E-state index in [2.05, 4.69) is 11.0 Å². The second kappa shape index (κ2) is 9.27. The van der Waals surface area contributed by atoms with Gasteiger partial charge in [-0.05, 0) is 30.3 Å². The van der Waals surface area contributed by atoms with Crippen LogP contribution in [0.1, 0.15) is 0 Å². The van der Waals surface area contributed by atoms with Gasteiger partial charge in [0.05, 0.1) is 18.5 Å². The number of nitrogens with one attached hydrogen (secondary N) is 1. The first-order valence-corrected chi connectivity index (χ1v) is 9.15. The molecule has 1 fully saturated rings. The van der Waals surface area contributed by atoms with E-state index in [-0.39, 0.29) is 6.10 Å². The quantitative estimate of drug-likeness (QED) is 0.634. The van der Waals surface area contributed by atoms with Gasteiger partial charge < -0.3 is 19.1 Å². The van der Waals surface area contributed by atoms with Crippen LogP contribution < -0.4 is 14.4 Å². The minimum absolute atomic E-state index is 0.0419. The van der Waals surface area contributed by atoms with Gasteiger partial charge in [-0.25, -0.2) is 0 Å². The first kappa shape index (κ1) is 16.8. The molecule has 0 spiro atoms. The Morgan fingerprint density at radius 2 is 1.62 bits per heavy atom. The van der Waals surface area contributed by atoms with Crippen molar-refractivity contribution in [3.8, 4) is 11.5 Å². The van der Waals surface area contributed by atoms with E-state index in [0.717, 1.165) is 31.2 Å². The molecule has 4 nitrogen and oxygen atoms in total. The average molecular weight is 341 g/mol. The van der Waals surface area contributed by atoms with E-state index in [1.165, 1.54) is 0 Å². The van der Waals surface area contributed by atoms with E-state index in [1.807, 2.05) is 72.6 Å². The molecule has 0 amide bonds. The van der Waals surface area contributed by atoms with Crippen molar-refractivity contribution >= 4 is 8.38 Å². The molecule has 2 aromatic carbocycles. The predicted molar refractivity (Wildman–Crippen MR) is 96.3 cm³/mol. The van der Waals surface area contributed by atoms with Crippen molar-refractivity contribution in [2.45, 2.75) is 6.10 Å².